The van der Waals surface area contributed by atoms with Crippen molar-refractivity contribution in [3.63, 3.8) is 0 Å². The van der Waals surface area contributed by atoms with Crippen LogP contribution in [0.4, 0.5) is 0 Å². The number of aryl methyl sites for hydroxylation is 1. The van der Waals surface area contributed by atoms with Crippen LogP contribution in [0.1, 0.15) is 24.2 Å². The van der Waals surface area contributed by atoms with Crippen LogP contribution in [-0.2, 0) is 16.1 Å². The molecule has 3 rings (SSSR count). The lowest BCUT2D eigenvalue weighted by Gasteiger charge is -2.21. The van der Waals surface area contributed by atoms with Crippen LogP contribution in [0.15, 0.2) is 22.7 Å². The Balaban J connectivity index is 1.68. The van der Waals surface area contributed by atoms with Crippen molar-refractivity contribution in [2.24, 2.45) is 0 Å². The molecule has 7 nitrogen and oxygen atoms in total. The zero-order valence-corrected chi connectivity index (χ0v) is 11.6. The number of carbonyl (C=O) groups is 2. The maximum absolute atomic E-state index is 11.7. The topological polar surface area (TPSA) is 100 Å². The van der Waals surface area contributed by atoms with Crippen LogP contribution in [0.5, 0.6) is 0 Å². The van der Waals surface area contributed by atoms with Gasteiger partial charge < -0.3 is 9.73 Å². The SMILES string of the molecule is Cc1ccc(-c2[nH]ncc2CNC2CCC(=O)NC2=O)o1. The van der Waals surface area contributed by atoms with Crippen LogP contribution in [0.3, 0.4) is 0 Å². The molecule has 0 bridgehead atoms. The van der Waals surface area contributed by atoms with Gasteiger partial charge in [0.1, 0.15) is 11.5 Å². The summed E-state index contributed by atoms with van der Waals surface area (Å²) in [5, 5.41) is 12.4. The number of aromatic amines is 1. The van der Waals surface area contributed by atoms with Crippen LogP contribution >= 0.6 is 0 Å². The maximum Gasteiger partial charge on any atom is 0.243 e. The third kappa shape index (κ3) is 2.87. The Bertz CT molecular complexity index is 673. The lowest BCUT2D eigenvalue weighted by atomic mass is 10.1. The first-order chi connectivity index (χ1) is 10.1. The quantitative estimate of drug-likeness (QED) is 0.725. The monoisotopic (exact) mass is 288 g/mol. The van der Waals surface area contributed by atoms with Crippen LogP contribution in [0.2, 0.25) is 0 Å². The van der Waals surface area contributed by atoms with Gasteiger partial charge in [-0.15, -0.1) is 0 Å². The fourth-order valence-corrected chi connectivity index (χ4v) is 2.35. The minimum absolute atomic E-state index is 0.215. The third-order valence-corrected chi connectivity index (χ3v) is 3.48. The number of piperidine rings is 1. The molecule has 0 aromatic carbocycles. The molecule has 110 valence electrons. The molecule has 0 spiro atoms. The number of amides is 2. The minimum Gasteiger partial charge on any atom is -0.460 e. The highest BCUT2D eigenvalue weighted by molar-refractivity contribution is 6.00. The Morgan fingerprint density at radius 3 is 3.00 bits per heavy atom. The summed E-state index contributed by atoms with van der Waals surface area (Å²) < 4.78 is 5.57. The molecular weight excluding hydrogens is 272 g/mol. The molecule has 3 heterocycles. The van der Waals surface area contributed by atoms with Crippen molar-refractivity contribution < 1.29 is 14.0 Å². The zero-order chi connectivity index (χ0) is 14.8. The molecule has 0 radical (unpaired) electrons. The fourth-order valence-electron chi connectivity index (χ4n) is 2.35. The summed E-state index contributed by atoms with van der Waals surface area (Å²) in [5.41, 5.74) is 1.71. The van der Waals surface area contributed by atoms with Gasteiger partial charge in [-0.3, -0.25) is 20.0 Å². The van der Waals surface area contributed by atoms with E-state index in [1.54, 1.807) is 6.20 Å². The molecule has 2 amide bonds. The van der Waals surface area contributed by atoms with E-state index in [-0.39, 0.29) is 17.9 Å². The summed E-state index contributed by atoms with van der Waals surface area (Å²) >= 11 is 0. The number of nitrogens with zero attached hydrogens (tertiary/aromatic N) is 1. The molecular formula is C14H16N4O3. The van der Waals surface area contributed by atoms with Crippen molar-refractivity contribution in [1.29, 1.82) is 0 Å². The van der Waals surface area contributed by atoms with Gasteiger partial charge in [-0.05, 0) is 25.5 Å². The standard InChI is InChI=1S/C14H16N4O3/c1-8-2-4-11(21-8)13-9(7-16-18-13)6-15-10-3-5-12(19)17-14(10)20/h2,4,7,10,15H,3,5-6H2,1H3,(H,16,18)(H,17,19,20). The normalized spacial score (nSPS) is 18.8. The van der Waals surface area contributed by atoms with Gasteiger partial charge in [0.15, 0.2) is 5.76 Å². The number of hydrogen-bond donors (Lipinski definition) is 3. The van der Waals surface area contributed by atoms with Gasteiger partial charge in [0.05, 0.1) is 12.2 Å². The molecule has 3 N–H and O–H groups in total. The van der Waals surface area contributed by atoms with Gasteiger partial charge in [0.25, 0.3) is 0 Å². The van der Waals surface area contributed by atoms with Crippen LogP contribution in [-0.4, -0.2) is 28.1 Å². The zero-order valence-electron chi connectivity index (χ0n) is 11.6. The number of nitrogens with one attached hydrogen (secondary N) is 3. The van der Waals surface area contributed by atoms with E-state index in [1.807, 2.05) is 19.1 Å². The molecule has 2 aromatic rings. The summed E-state index contributed by atoms with van der Waals surface area (Å²) in [6, 6.07) is 3.40. The molecule has 1 aliphatic rings. The molecule has 7 heteroatoms. The Morgan fingerprint density at radius 2 is 2.29 bits per heavy atom. The Morgan fingerprint density at radius 1 is 1.43 bits per heavy atom. The first kappa shape index (κ1) is 13.6. The van der Waals surface area contributed by atoms with Gasteiger partial charge in [-0.25, -0.2) is 0 Å². The van der Waals surface area contributed by atoms with Crippen LogP contribution in [0.25, 0.3) is 11.5 Å². The van der Waals surface area contributed by atoms with Crippen LogP contribution < -0.4 is 10.6 Å². The van der Waals surface area contributed by atoms with Gasteiger partial charge in [0.2, 0.25) is 11.8 Å². The number of furan rings is 1. The summed E-state index contributed by atoms with van der Waals surface area (Å²) in [5.74, 6) is 1.05. The summed E-state index contributed by atoms with van der Waals surface area (Å²) in [7, 11) is 0. The number of carbonyl (C=O) groups excluding carboxylic acids is 2. The van der Waals surface area contributed by atoms with Gasteiger partial charge in [-0.1, -0.05) is 0 Å². The number of imide groups is 1. The predicted octanol–water partition coefficient (Wildman–Crippen LogP) is 0.873. The van der Waals surface area contributed by atoms with Gasteiger partial charge in [0, 0.05) is 18.5 Å². The lowest BCUT2D eigenvalue weighted by Crippen LogP contribution is -2.50. The van der Waals surface area contributed by atoms with Crippen molar-refractivity contribution in [3.05, 3.63) is 29.7 Å². The van der Waals surface area contributed by atoms with E-state index in [0.29, 0.717) is 25.1 Å². The summed E-state index contributed by atoms with van der Waals surface area (Å²) in [6.07, 6.45) is 2.57. The van der Waals surface area contributed by atoms with E-state index in [9.17, 15) is 9.59 Å². The first-order valence-corrected chi connectivity index (χ1v) is 6.79. The molecule has 0 aliphatic carbocycles. The second-order valence-electron chi connectivity index (χ2n) is 5.07. The molecule has 1 saturated heterocycles. The maximum atomic E-state index is 11.7. The minimum atomic E-state index is -0.358. The van der Waals surface area contributed by atoms with Gasteiger partial charge in [-0.2, -0.15) is 5.10 Å². The second kappa shape index (κ2) is 5.53. The van der Waals surface area contributed by atoms with Crippen molar-refractivity contribution in [2.75, 3.05) is 0 Å². The van der Waals surface area contributed by atoms with Crippen molar-refractivity contribution in [3.8, 4) is 11.5 Å². The van der Waals surface area contributed by atoms with E-state index in [2.05, 4.69) is 20.8 Å². The van der Waals surface area contributed by atoms with E-state index in [4.69, 9.17) is 4.42 Å². The van der Waals surface area contributed by atoms with Crippen LogP contribution in [0, 0.1) is 6.92 Å². The highest BCUT2D eigenvalue weighted by Crippen LogP contribution is 2.23. The average molecular weight is 288 g/mol. The summed E-state index contributed by atoms with van der Waals surface area (Å²) in [4.78, 5) is 22.8. The Kier molecular flexibility index (Phi) is 3.57. The van der Waals surface area contributed by atoms with E-state index >= 15 is 0 Å². The van der Waals surface area contributed by atoms with Crippen molar-refractivity contribution in [1.82, 2.24) is 20.8 Å². The highest BCUT2D eigenvalue weighted by atomic mass is 16.3. The first-order valence-electron chi connectivity index (χ1n) is 6.79. The average Bonchev–Trinajstić information content (AvgIpc) is 3.06. The van der Waals surface area contributed by atoms with Crippen molar-refractivity contribution >= 4 is 11.8 Å². The van der Waals surface area contributed by atoms with E-state index in [0.717, 1.165) is 17.0 Å². The van der Waals surface area contributed by atoms with Crippen molar-refractivity contribution in [2.45, 2.75) is 32.4 Å². The third-order valence-electron chi connectivity index (χ3n) is 3.48. The summed E-state index contributed by atoms with van der Waals surface area (Å²) in [6.45, 7) is 2.35. The molecule has 1 fully saturated rings. The Labute approximate surface area is 121 Å². The van der Waals surface area contributed by atoms with Gasteiger partial charge >= 0.3 is 0 Å². The molecule has 1 aliphatic heterocycles. The molecule has 21 heavy (non-hydrogen) atoms. The highest BCUT2D eigenvalue weighted by Gasteiger charge is 2.26. The second-order valence-corrected chi connectivity index (χ2v) is 5.07. The molecule has 1 unspecified atom stereocenters. The molecule has 2 aromatic heterocycles. The largest absolute Gasteiger partial charge is 0.460 e. The molecule has 0 saturated carbocycles. The smallest absolute Gasteiger partial charge is 0.243 e. The Hall–Kier alpha value is -2.41. The number of hydrogen-bond acceptors (Lipinski definition) is 5. The number of H-pyrrole nitrogens is 1. The predicted molar refractivity (Wildman–Crippen MR) is 74.0 cm³/mol. The van der Waals surface area contributed by atoms with E-state index in [1.165, 1.54) is 0 Å². The fraction of sp³-hybridized carbons (Fsp3) is 0.357. The van der Waals surface area contributed by atoms with E-state index < -0.39 is 0 Å². The number of aromatic nitrogens is 2. The number of rotatable bonds is 4. The molecule has 1 atom stereocenters. The lowest BCUT2D eigenvalue weighted by molar-refractivity contribution is -0.134.